The van der Waals surface area contributed by atoms with Crippen molar-refractivity contribution in [2.45, 2.75) is 24.6 Å². The molecule has 0 bridgehead atoms. The highest BCUT2D eigenvalue weighted by atomic mass is 32.2. The number of carbonyl (C=O) groups is 1. The third-order valence-corrected chi connectivity index (χ3v) is 2.77. The Morgan fingerprint density at radius 2 is 2.50 bits per heavy atom. The first-order valence-electron chi connectivity index (χ1n) is 3.33. The average molecular weight is 161 g/mol. The Labute approximate surface area is 64.2 Å². The molecule has 0 aromatic heterocycles. The fraction of sp³-hybridized carbons (Fsp3) is 0.833. The van der Waals surface area contributed by atoms with Gasteiger partial charge >= 0.3 is 6.09 Å². The molecule has 0 aromatic rings. The molecule has 0 aliphatic carbocycles. The molecule has 0 aromatic carbocycles. The van der Waals surface area contributed by atoms with E-state index in [2.05, 4.69) is 12.2 Å². The molecule has 1 saturated heterocycles. The molecule has 1 fully saturated rings. The SMILES string of the molecule is CCC[C@@]1(NC(=O)O)CS1. The monoisotopic (exact) mass is 161 g/mol. The maximum absolute atomic E-state index is 10.2. The van der Waals surface area contributed by atoms with Gasteiger partial charge in [-0.15, -0.1) is 11.8 Å². The van der Waals surface area contributed by atoms with Gasteiger partial charge in [0.05, 0.1) is 4.87 Å². The van der Waals surface area contributed by atoms with E-state index in [-0.39, 0.29) is 4.87 Å². The summed E-state index contributed by atoms with van der Waals surface area (Å²) in [7, 11) is 0. The number of amides is 1. The second-order valence-corrected chi connectivity index (χ2v) is 3.82. The van der Waals surface area contributed by atoms with Gasteiger partial charge in [0.15, 0.2) is 0 Å². The lowest BCUT2D eigenvalue weighted by Crippen LogP contribution is -2.35. The van der Waals surface area contributed by atoms with Crippen LogP contribution in [0.1, 0.15) is 19.8 Å². The normalized spacial score (nSPS) is 29.7. The van der Waals surface area contributed by atoms with Gasteiger partial charge in [0.25, 0.3) is 0 Å². The van der Waals surface area contributed by atoms with Crippen LogP contribution in [0.2, 0.25) is 0 Å². The van der Waals surface area contributed by atoms with Crippen molar-refractivity contribution >= 4 is 17.9 Å². The number of carboxylic acid groups (broad SMARTS) is 1. The van der Waals surface area contributed by atoms with Gasteiger partial charge in [0.2, 0.25) is 0 Å². The zero-order chi connectivity index (χ0) is 7.61. The fourth-order valence-corrected chi connectivity index (χ4v) is 1.86. The Hall–Kier alpha value is -0.380. The van der Waals surface area contributed by atoms with Crippen LogP contribution in [0, 0.1) is 0 Å². The predicted molar refractivity (Wildman–Crippen MR) is 41.3 cm³/mol. The molecule has 0 spiro atoms. The van der Waals surface area contributed by atoms with E-state index >= 15 is 0 Å². The summed E-state index contributed by atoms with van der Waals surface area (Å²) in [5.41, 5.74) is 0. The van der Waals surface area contributed by atoms with Crippen molar-refractivity contribution in [2.75, 3.05) is 5.75 Å². The largest absolute Gasteiger partial charge is 0.465 e. The highest BCUT2D eigenvalue weighted by molar-refractivity contribution is 8.07. The Morgan fingerprint density at radius 1 is 1.90 bits per heavy atom. The molecule has 0 saturated carbocycles. The first-order chi connectivity index (χ1) is 4.68. The summed E-state index contributed by atoms with van der Waals surface area (Å²) in [4.78, 5) is 10.1. The maximum Gasteiger partial charge on any atom is 0.405 e. The Bertz CT molecular complexity index is 145. The van der Waals surface area contributed by atoms with Crippen LogP contribution >= 0.6 is 11.8 Å². The molecule has 1 rings (SSSR count). The van der Waals surface area contributed by atoms with Crippen molar-refractivity contribution in [3.8, 4) is 0 Å². The molecule has 1 amide bonds. The van der Waals surface area contributed by atoms with Crippen LogP contribution in [0.25, 0.3) is 0 Å². The van der Waals surface area contributed by atoms with Crippen LogP contribution in [0.5, 0.6) is 0 Å². The van der Waals surface area contributed by atoms with Gasteiger partial charge in [-0.25, -0.2) is 4.79 Å². The summed E-state index contributed by atoms with van der Waals surface area (Å²) in [5, 5.41) is 10.9. The van der Waals surface area contributed by atoms with Crippen molar-refractivity contribution in [1.82, 2.24) is 5.32 Å². The summed E-state index contributed by atoms with van der Waals surface area (Å²) < 4.78 is 0. The molecule has 10 heavy (non-hydrogen) atoms. The van der Waals surface area contributed by atoms with E-state index in [1.165, 1.54) is 0 Å². The highest BCUT2D eigenvalue weighted by Crippen LogP contribution is 2.45. The third kappa shape index (κ3) is 1.80. The third-order valence-electron chi connectivity index (χ3n) is 1.48. The molecule has 3 nitrogen and oxygen atoms in total. The number of hydrogen-bond donors (Lipinski definition) is 2. The van der Waals surface area contributed by atoms with Crippen LogP contribution in [0.4, 0.5) is 4.79 Å². The molecule has 0 radical (unpaired) electrons. The molecule has 4 heteroatoms. The number of thioether (sulfide) groups is 1. The summed E-state index contributed by atoms with van der Waals surface area (Å²) in [6.07, 6.45) is 1.08. The lowest BCUT2D eigenvalue weighted by molar-refractivity contribution is 0.190. The van der Waals surface area contributed by atoms with Gasteiger partial charge in [0, 0.05) is 5.75 Å². The molecule has 1 aliphatic heterocycles. The zero-order valence-electron chi connectivity index (χ0n) is 5.89. The van der Waals surface area contributed by atoms with E-state index in [1.807, 2.05) is 0 Å². The Morgan fingerprint density at radius 3 is 2.80 bits per heavy atom. The van der Waals surface area contributed by atoms with Crippen LogP contribution in [-0.2, 0) is 0 Å². The molecule has 0 unspecified atom stereocenters. The lowest BCUT2D eigenvalue weighted by atomic mass is 10.2. The van der Waals surface area contributed by atoms with E-state index in [1.54, 1.807) is 11.8 Å². The van der Waals surface area contributed by atoms with E-state index in [0.717, 1.165) is 18.6 Å². The molecular weight excluding hydrogens is 150 g/mol. The van der Waals surface area contributed by atoms with Gasteiger partial charge in [-0.1, -0.05) is 13.3 Å². The molecule has 1 atom stereocenters. The number of hydrogen-bond acceptors (Lipinski definition) is 2. The molecule has 1 heterocycles. The van der Waals surface area contributed by atoms with Gasteiger partial charge < -0.3 is 10.4 Å². The van der Waals surface area contributed by atoms with Crippen LogP contribution in [-0.4, -0.2) is 21.8 Å². The van der Waals surface area contributed by atoms with Crippen molar-refractivity contribution in [3.05, 3.63) is 0 Å². The van der Waals surface area contributed by atoms with Gasteiger partial charge in [-0.2, -0.15) is 0 Å². The fourth-order valence-electron chi connectivity index (χ4n) is 0.965. The molecular formula is C6H11NO2S. The molecule has 58 valence electrons. The van der Waals surface area contributed by atoms with Crippen LogP contribution in [0.15, 0.2) is 0 Å². The highest BCUT2D eigenvalue weighted by Gasteiger charge is 2.44. The topological polar surface area (TPSA) is 49.3 Å². The van der Waals surface area contributed by atoms with Gasteiger partial charge in [-0.3, -0.25) is 0 Å². The van der Waals surface area contributed by atoms with E-state index in [0.29, 0.717) is 0 Å². The lowest BCUT2D eigenvalue weighted by Gasteiger charge is -2.10. The van der Waals surface area contributed by atoms with Crippen molar-refractivity contribution in [3.63, 3.8) is 0 Å². The quantitative estimate of drug-likeness (QED) is 0.617. The maximum atomic E-state index is 10.2. The van der Waals surface area contributed by atoms with E-state index < -0.39 is 6.09 Å². The minimum atomic E-state index is -0.904. The van der Waals surface area contributed by atoms with Crippen molar-refractivity contribution in [2.24, 2.45) is 0 Å². The first-order valence-corrected chi connectivity index (χ1v) is 4.32. The summed E-state index contributed by atoms with van der Waals surface area (Å²) >= 11 is 1.68. The second-order valence-electron chi connectivity index (χ2n) is 2.46. The van der Waals surface area contributed by atoms with Crippen LogP contribution in [0.3, 0.4) is 0 Å². The minimum Gasteiger partial charge on any atom is -0.465 e. The zero-order valence-corrected chi connectivity index (χ0v) is 6.70. The van der Waals surface area contributed by atoms with E-state index in [9.17, 15) is 4.79 Å². The summed E-state index contributed by atoms with van der Waals surface area (Å²) in [5.74, 6) is 0.938. The summed E-state index contributed by atoms with van der Waals surface area (Å²) in [6.45, 7) is 2.06. The predicted octanol–water partition coefficient (Wildman–Crippen LogP) is 1.50. The van der Waals surface area contributed by atoms with Crippen molar-refractivity contribution in [1.29, 1.82) is 0 Å². The summed E-state index contributed by atoms with van der Waals surface area (Å²) in [6, 6.07) is 0. The number of nitrogens with one attached hydrogen (secondary N) is 1. The molecule has 2 N–H and O–H groups in total. The first kappa shape index (κ1) is 7.72. The minimum absolute atomic E-state index is 0.111. The number of rotatable bonds is 3. The standard InChI is InChI=1S/C6H11NO2S/c1-2-3-6(4-10-6)7-5(8)9/h7H,2-4H2,1H3,(H,8,9)/t6-/m0/s1. The Kier molecular flexibility index (Phi) is 2.08. The van der Waals surface area contributed by atoms with E-state index in [4.69, 9.17) is 5.11 Å². The smallest absolute Gasteiger partial charge is 0.405 e. The van der Waals surface area contributed by atoms with Gasteiger partial charge in [0.1, 0.15) is 0 Å². The molecule has 1 aliphatic rings. The van der Waals surface area contributed by atoms with Crippen LogP contribution < -0.4 is 5.32 Å². The average Bonchev–Trinajstić information content (AvgIpc) is 2.47. The Balaban J connectivity index is 2.30. The van der Waals surface area contributed by atoms with Crippen molar-refractivity contribution < 1.29 is 9.90 Å². The second kappa shape index (κ2) is 2.70. The van der Waals surface area contributed by atoms with Gasteiger partial charge in [-0.05, 0) is 6.42 Å².